The van der Waals surface area contributed by atoms with Crippen molar-refractivity contribution < 1.29 is 14.3 Å². The van der Waals surface area contributed by atoms with E-state index in [4.69, 9.17) is 9.47 Å². The molecule has 0 bridgehead atoms. The molecular formula is C20H23BrN2O3. The van der Waals surface area contributed by atoms with E-state index in [1.54, 1.807) is 0 Å². The second-order valence-corrected chi connectivity index (χ2v) is 7.19. The predicted octanol–water partition coefficient (Wildman–Crippen LogP) is 3.90. The lowest BCUT2D eigenvalue weighted by atomic mass is 10.1. The van der Waals surface area contributed by atoms with Crippen molar-refractivity contribution in [1.82, 2.24) is 5.32 Å². The minimum atomic E-state index is -0.0786. The summed E-state index contributed by atoms with van der Waals surface area (Å²) in [6.45, 7) is 5.21. The number of benzene rings is 2. The molecule has 6 heteroatoms. The van der Waals surface area contributed by atoms with Gasteiger partial charge in [0.05, 0.1) is 13.2 Å². The third kappa shape index (κ3) is 4.69. The summed E-state index contributed by atoms with van der Waals surface area (Å²) < 4.78 is 12.6. The Morgan fingerprint density at radius 2 is 2.08 bits per heavy atom. The molecule has 0 spiro atoms. The number of rotatable bonds is 7. The molecule has 0 radical (unpaired) electrons. The van der Waals surface area contributed by atoms with Crippen molar-refractivity contribution in [3.05, 3.63) is 52.0 Å². The Balaban J connectivity index is 1.58. The lowest BCUT2D eigenvalue weighted by molar-refractivity contribution is -0.119. The second-order valence-electron chi connectivity index (χ2n) is 6.27. The fraction of sp³-hybridized carbons (Fsp3) is 0.350. The van der Waals surface area contributed by atoms with Crippen LogP contribution in [0.15, 0.2) is 40.9 Å². The summed E-state index contributed by atoms with van der Waals surface area (Å²) in [7, 11) is 0. The molecule has 0 saturated heterocycles. The zero-order valence-electron chi connectivity index (χ0n) is 15.0. The molecule has 0 aliphatic carbocycles. The highest BCUT2D eigenvalue weighted by atomic mass is 79.9. The first-order valence-electron chi connectivity index (χ1n) is 8.76. The monoisotopic (exact) mass is 418 g/mol. The number of nitrogens with one attached hydrogen (secondary N) is 2. The van der Waals surface area contributed by atoms with E-state index < -0.39 is 0 Å². The first-order chi connectivity index (χ1) is 12.5. The van der Waals surface area contributed by atoms with Crippen molar-refractivity contribution in [2.24, 2.45) is 0 Å². The number of anilines is 1. The van der Waals surface area contributed by atoms with Crippen molar-refractivity contribution in [1.29, 1.82) is 0 Å². The van der Waals surface area contributed by atoms with E-state index in [-0.39, 0.29) is 18.6 Å². The van der Waals surface area contributed by atoms with Crippen LogP contribution >= 0.6 is 15.9 Å². The van der Waals surface area contributed by atoms with Gasteiger partial charge in [0.25, 0.3) is 0 Å². The molecule has 26 heavy (non-hydrogen) atoms. The maximum atomic E-state index is 12.2. The highest BCUT2D eigenvalue weighted by molar-refractivity contribution is 9.10. The Kier molecular flexibility index (Phi) is 6.04. The Morgan fingerprint density at radius 1 is 1.31 bits per heavy atom. The fourth-order valence-corrected chi connectivity index (χ4v) is 3.18. The molecule has 1 atom stereocenters. The molecule has 0 saturated carbocycles. The molecule has 0 fully saturated rings. The van der Waals surface area contributed by atoms with E-state index in [0.29, 0.717) is 13.2 Å². The minimum Gasteiger partial charge on any atom is -0.494 e. The summed E-state index contributed by atoms with van der Waals surface area (Å²) in [5.74, 6) is 1.62. The number of fused-ring (bicyclic) bond motifs is 1. The minimum absolute atomic E-state index is 0.0786. The van der Waals surface area contributed by atoms with Crippen LogP contribution in [0.25, 0.3) is 0 Å². The van der Waals surface area contributed by atoms with E-state index in [1.165, 1.54) is 0 Å². The SMILES string of the molecule is CCOc1cc2c(cc1CNC(=O)CNc1ccc(Br)cc1)O[C@H](C)C2. The fourth-order valence-electron chi connectivity index (χ4n) is 2.92. The van der Waals surface area contributed by atoms with Crippen molar-refractivity contribution in [2.45, 2.75) is 32.9 Å². The van der Waals surface area contributed by atoms with Crippen LogP contribution in [0.1, 0.15) is 25.0 Å². The van der Waals surface area contributed by atoms with Gasteiger partial charge in [-0.2, -0.15) is 0 Å². The third-order valence-electron chi connectivity index (χ3n) is 4.15. The second kappa shape index (κ2) is 8.45. The quantitative estimate of drug-likeness (QED) is 0.715. The molecular weight excluding hydrogens is 396 g/mol. The number of carbonyl (C=O) groups excluding carboxylic acids is 1. The first kappa shape index (κ1) is 18.6. The molecule has 138 valence electrons. The van der Waals surface area contributed by atoms with E-state index in [0.717, 1.165) is 39.2 Å². The average molecular weight is 419 g/mol. The predicted molar refractivity (Wildman–Crippen MR) is 106 cm³/mol. The zero-order chi connectivity index (χ0) is 18.5. The van der Waals surface area contributed by atoms with Gasteiger partial charge in [0.15, 0.2) is 0 Å². The van der Waals surface area contributed by atoms with E-state index >= 15 is 0 Å². The first-order valence-corrected chi connectivity index (χ1v) is 9.56. The normalized spacial score (nSPS) is 15.1. The molecule has 0 unspecified atom stereocenters. The average Bonchev–Trinajstić information content (AvgIpc) is 2.98. The Labute approximate surface area is 162 Å². The molecule has 3 rings (SSSR count). The number of ether oxygens (including phenoxy) is 2. The van der Waals surface area contributed by atoms with Gasteiger partial charge in [-0.25, -0.2) is 0 Å². The summed E-state index contributed by atoms with van der Waals surface area (Å²) in [4.78, 5) is 12.2. The van der Waals surface area contributed by atoms with Crippen molar-refractivity contribution in [3.8, 4) is 11.5 Å². The van der Waals surface area contributed by atoms with E-state index in [9.17, 15) is 4.79 Å². The highest BCUT2D eigenvalue weighted by Crippen LogP contribution is 2.35. The van der Waals surface area contributed by atoms with Gasteiger partial charge in [0.2, 0.25) is 5.91 Å². The van der Waals surface area contributed by atoms with Crippen LogP contribution in [-0.4, -0.2) is 25.2 Å². The number of halogens is 1. The van der Waals surface area contributed by atoms with Gasteiger partial charge in [0, 0.05) is 34.3 Å². The summed E-state index contributed by atoms with van der Waals surface area (Å²) in [6, 6.07) is 11.7. The summed E-state index contributed by atoms with van der Waals surface area (Å²) in [6.07, 6.45) is 1.07. The van der Waals surface area contributed by atoms with Crippen molar-refractivity contribution in [2.75, 3.05) is 18.5 Å². The smallest absolute Gasteiger partial charge is 0.239 e. The molecule has 2 aromatic carbocycles. The standard InChI is InChI=1S/C20H23BrN2O3/c1-3-25-18-9-14-8-13(2)26-19(14)10-15(18)11-23-20(24)12-22-17-6-4-16(21)5-7-17/h4-7,9-10,13,22H,3,8,11-12H2,1-2H3,(H,23,24)/t13-/m1/s1. The number of hydrogen-bond acceptors (Lipinski definition) is 4. The van der Waals surface area contributed by atoms with Crippen molar-refractivity contribution in [3.63, 3.8) is 0 Å². The maximum Gasteiger partial charge on any atom is 0.239 e. The summed E-state index contributed by atoms with van der Waals surface area (Å²) in [5, 5.41) is 6.04. The molecule has 1 amide bonds. The van der Waals surface area contributed by atoms with Crippen LogP contribution in [0.5, 0.6) is 11.5 Å². The van der Waals surface area contributed by atoms with Gasteiger partial charge < -0.3 is 20.1 Å². The summed E-state index contributed by atoms with van der Waals surface area (Å²) in [5.41, 5.74) is 2.99. The molecule has 2 aromatic rings. The van der Waals surface area contributed by atoms with Crippen LogP contribution < -0.4 is 20.1 Å². The van der Waals surface area contributed by atoms with Gasteiger partial charge in [-0.05, 0) is 50.2 Å². The molecule has 0 aromatic heterocycles. The Bertz CT molecular complexity index is 777. The van der Waals surface area contributed by atoms with Crippen LogP contribution in [0, 0.1) is 0 Å². The topological polar surface area (TPSA) is 59.6 Å². The zero-order valence-corrected chi connectivity index (χ0v) is 16.6. The highest BCUT2D eigenvalue weighted by Gasteiger charge is 2.22. The van der Waals surface area contributed by atoms with Gasteiger partial charge in [-0.15, -0.1) is 0 Å². The molecule has 1 heterocycles. The molecule has 1 aliphatic heterocycles. The number of hydrogen-bond donors (Lipinski definition) is 2. The van der Waals surface area contributed by atoms with Crippen LogP contribution in [-0.2, 0) is 17.8 Å². The van der Waals surface area contributed by atoms with Gasteiger partial charge in [-0.1, -0.05) is 15.9 Å². The largest absolute Gasteiger partial charge is 0.494 e. The third-order valence-corrected chi connectivity index (χ3v) is 4.68. The number of carbonyl (C=O) groups is 1. The maximum absolute atomic E-state index is 12.2. The molecule has 2 N–H and O–H groups in total. The Morgan fingerprint density at radius 3 is 2.81 bits per heavy atom. The van der Waals surface area contributed by atoms with Crippen LogP contribution in [0.2, 0.25) is 0 Å². The van der Waals surface area contributed by atoms with Gasteiger partial charge in [-0.3, -0.25) is 4.79 Å². The van der Waals surface area contributed by atoms with Crippen LogP contribution in [0.4, 0.5) is 5.69 Å². The van der Waals surface area contributed by atoms with Crippen LogP contribution in [0.3, 0.4) is 0 Å². The van der Waals surface area contributed by atoms with Gasteiger partial charge in [0.1, 0.15) is 17.6 Å². The number of amides is 1. The van der Waals surface area contributed by atoms with E-state index in [2.05, 4.69) is 33.5 Å². The van der Waals surface area contributed by atoms with Gasteiger partial charge >= 0.3 is 0 Å². The Hall–Kier alpha value is -2.21. The van der Waals surface area contributed by atoms with Crippen molar-refractivity contribution >= 4 is 27.5 Å². The summed E-state index contributed by atoms with van der Waals surface area (Å²) >= 11 is 3.39. The lowest BCUT2D eigenvalue weighted by Crippen LogP contribution is -2.29. The molecule has 5 nitrogen and oxygen atoms in total. The lowest BCUT2D eigenvalue weighted by Gasteiger charge is -2.14. The van der Waals surface area contributed by atoms with E-state index in [1.807, 2.05) is 43.3 Å². The molecule has 1 aliphatic rings.